The van der Waals surface area contributed by atoms with Crippen LogP contribution in [0.15, 0.2) is 35.0 Å². The van der Waals surface area contributed by atoms with Crippen molar-refractivity contribution in [2.75, 3.05) is 5.32 Å². The summed E-state index contributed by atoms with van der Waals surface area (Å²) in [4.78, 5) is 8.65. The highest BCUT2D eigenvalue weighted by atomic mass is 16.4. The molecular weight excluding hydrogens is 242 g/mol. The maximum absolute atomic E-state index is 5.67. The number of fused-ring (bicyclic) bond motifs is 2. The largest absolute Gasteiger partial charge is 0.424 e. The van der Waals surface area contributed by atoms with Gasteiger partial charge in [-0.3, -0.25) is 0 Å². The minimum atomic E-state index is 0.280. The zero-order valence-electron chi connectivity index (χ0n) is 10.3. The molecule has 0 fully saturated rings. The summed E-state index contributed by atoms with van der Waals surface area (Å²) in [7, 11) is 0. The van der Waals surface area contributed by atoms with Crippen molar-refractivity contribution in [3.8, 4) is 0 Å². The Morgan fingerprint density at radius 1 is 1.32 bits per heavy atom. The maximum Gasteiger partial charge on any atom is 0.295 e. The number of nitrogens with one attached hydrogen (secondary N) is 1. The van der Waals surface area contributed by atoms with E-state index < -0.39 is 0 Å². The molecule has 1 aliphatic rings. The van der Waals surface area contributed by atoms with E-state index in [9.17, 15) is 0 Å². The van der Waals surface area contributed by atoms with Crippen LogP contribution in [0.25, 0.3) is 11.1 Å². The molecule has 0 unspecified atom stereocenters. The first-order valence-corrected chi connectivity index (χ1v) is 6.37. The van der Waals surface area contributed by atoms with E-state index in [1.807, 2.05) is 28.9 Å². The van der Waals surface area contributed by atoms with Gasteiger partial charge in [-0.15, -0.1) is 0 Å². The van der Waals surface area contributed by atoms with Gasteiger partial charge in [0, 0.05) is 6.42 Å². The molecule has 1 atom stereocenters. The van der Waals surface area contributed by atoms with Crippen molar-refractivity contribution in [1.29, 1.82) is 0 Å². The lowest BCUT2D eigenvalue weighted by Gasteiger charge is -2.22. The van der Waals surface area contributed by atoms with Gasteiger partial charge in [-0.2, -0.15) is 10.1 Å². The third-order valence-electron chi connectivity index (χ3n) is 3.43. The second-order valence-corrected chi connectivity index (χ2v) is 4.73. The Bertz CT molecular complexity index is 683. The summed E-state index contributed by atoms with van der Waals surface area (Å²) in [6.45, 7) is 0.800. The Morgan fingerprint density at radius 2 is 2.26 bits per heavy atom. The van der Waals surface area contributed by atoms with Crippen molar-refractivity contribution in [2.45, 2.75) is 25.4 Å². The van der Waals surface area contributed by atoms with Crippen LogP contribution < -0.4 is 5.32 Å². The highest BCUT2D eigenvalue weighted by molar-refractivity contribution is 5.74. The number of hydrogen-bond acceptors (Lipinski definition) is 5. The van der Waals surface area contributed by atoms with E-state index in [0.29, 0.717) is 6.01 Å². The van der Waals surface area contributed by atoms with E-state index in [-0.39, 0.29) is 6.04 Å². The van der Waals surface area contributed by atoms with Crippen molar-refractivity contribution in [3.63, 3.8) is 0 Å². The summed E-state index contributed by atoms with van der Waals surface area (Å²) in [6, 6.07) is 8.62. The van der Waals surface area contributed by atoms with Gasteiger partial charge in [-0.25, -0.2) is 9.67 Å². The first-order chi connectivity index (χ1) is 9.38. The van der Waals surface area contributed by atoms with Gasteiger partial charge in [0.1, 0.15) is 17.7 Å². The Morgan fingerprint density at radius 3 is 3.21 bits per heavy atom. The lowest BCUT2D eigenvalue weighted by atomic mass is 10.1. The van der Waals surface area contributed by atoms with Gasteiger partial charge in [-0.1, -0.05) is 12.1 Å². The molecule has 0 radical (unpaired) electrons. The number of aromatic nitrogens is 4. The molecule has 0 saturated heterocycles. The van der Waals surface area contributed by atoms with Crippen LogP contribution >= 0.6 is 0 Å². The summed E-state index contributed by atoms with van der Waals surface area (Å²) in [5.41, 5.74) is 1.68. The first-order valence-electron chi connectivity index (χ1n) is 6.37. The van der Waals surface area contributed by atoms with Gasteiger partial charge in [-0.05, 0) is 18.6 Å². The molecule has 1 aliphatic heterocycles. The molecule has 6 nitrogen and oxygen atoms in total. The van der Waals surface area contributed by atoms with Gasteiger partial charge >= 0.3 is 0 Å². The average molecular weight is 255 g/mol. The molecule has 0 spiro atoms. The molecule has 2 aromatic heterocycles. The number of benzene rings is 1. The van der Waals surface area contributed by atoms with Gasteiger partial charge in [0.25, 0.3) is 6.01 Å². The van der Waals surface area contributed by atoms with Crippen molar-refractivity contribution < 1.29 is 4.42 Å². The maximum atomic E-state index is 5.67. The second-order valence-electron chi connectivity index (χ2n) is 4.73. The number of aryl methyl sites for hydroxylation is 1. The Labute approximate surface area is 109 Å². The fourth-order valence-electron chi connectivity index (χ4n) is 2.46. The lowest BCUT2D eigenvalue weighted by Crippen LogP contribution is -2.32. The van der Waals surface area contributed by atoms with E-state index in [1.54, 1.807) is 6.33 Å². The number of nitrogens with zero attached hydrogens (tertiary/aromatic N) is 4. The molecule has 0 aliphatic carbocycles. The molecule has 0 saturated carbocycles. The first kappa shape index (κ1) is 10.5. The number of oxazole rings is 1. The number of rotatable bonds is 2. The Kier molecular flexibility index (Phi) is 2.26. The molecule has 4 rings (SSSR count). The van der Waals surface area contributed by atoms with Crippen LogP contribution in [0.2, 0.25) is 0 Å². The fraction of sp³-hybridized carbons (Fsp3) is 0.308. The van der Waals surface area contributed by atoms with Gasteiger partial charge in [0.15, 0.2) is 5.58 Å². The minimum Gasteiger partial charge on any atom is -0.424 e. The molecule has 0 amide bonds. The van der Waals surface area contributed by atoms with Crippen LogP contribution in [0.4, 0.5) is 6.01 Å². The standard InChI is InChI=1S/C13H13N5O/c1-2-4-11-10(3-1)17-13(19-11)16-9-5-6-12-14-8-15-18(12)7-9/h1-4,8-9H,5-7H2,(H,16,17)/t9-/m1/s1. The Balaban J connectivity index is 1.55. The molecule has 1 N–H and O–H groups in total. The van der Waals surface area contributed by atoms with E-state index in [0.717, 1.165) is 36.3 Å². The average Bonchev–Trinajstić information content (AvgIpc) is 3.03. The van der Waals surface area contributed by atoms with E-state index in [2.05, 4.69) is 20.4 Å². The van der Waals surface area contributed by atoms with Gasteiger partial charge < -0.3 is 9.73 Å². The van der Waals surface area contributed by atoms with Crippen molar-refractivity contribution in [2.24, 2.45) is 0 Å². The zero-order chi connectivity index (χ0) is 12.7. The highest BCUT2D eigenvalue weighted by Gasteiger charge is 2.21. The van der Waals surface area contributed by atoms with Crippen LogP contribution in [0.3, 0.4) is 0 Å². The summed E-state index contributed by atoms with van der Waals surface area (Å²) in [5, 5.41) is 7.54. The monoisotopic (exact) mass is 255 g/mol. The van der Waals surface area contributed by atoms with Crippen LogP contribution in [-0.2, 0) is 13.0 Å². The summed E-state index contributed by atoms with van der Waals surface area (Å²) in [6.07, 6.45) is 3.55. The third kappa shape index (κ3) is 1.85. The number of para-hydroxylation sites is 2. The Hall–Kier alpha value is -2.37. The molecule has 96 valence electrons. The number of anilines is 1. The lowest BCUT2D eigenvalue weighted by molar-refractivity contribution is 0.432. The summed E-state index contributed by atoms with van der Waals surface area (Å²) < 4.78 is 7.61. The van der Waals surface area contributed by atoms with Crippen LogP contribution in [-0.4, -0.2) is 25.8 Å². The normalized spacial score (nSPS) is 18.4. The molecule has 0 bridgehead atoms. The zero-order valence-corrected chi connectivity index (χ0v) is 10.3. The van der Waals surface area contributed by atoms with Gasteiger partial charge in [0.2, 0.25) is 0 Å². The number of hydrogen-bond donors (Lipinski definition) is 1. The van der Waals surface area contributed by atoms with Crippen molar-refractivity contribution in [3.05, 3.63) is 36.4 Å². The topological polar surface area (TPSA) is 68.8 Å². The van der Waals surface area contributed by atoms with Crippen molar-refractivity contribution >= 4 is 17.1 Å². The van der Waals surface area contributed by atoms with Crippen molar-refractivity contribution in [1.82, 2.24) is 19.7 Å². The fourth-order valence-corrected chi connectivity index (χ4v) is 2.46. The predicted molar refractivity (Wildman–Crippen MR) is 69.8 cm³/mol. The molecule has 3 aromatic rings. The second kappa shape index (κ2) is 4.08. The van der Waals surface area contributed by atoms with E-state index in [4.69, 9.17) is 4.42 Å². The third-order valence-corrected chi connectivity index (χ3v) is 3.43. The van der Waals surface area contributed by atoms with Gasteiger partial charge in [0.05, 0.1) is 12.6 Å². The van der Waals surface area contributed by atoms with E-state index in [1.165, 1.54) is 0 Å². The molecule has 19 heavy (non-hydrogen) atoms. The summed E-state index contributed by atoms with van der Waals surface area (Å²) >= 11 is 0. The predicted octanol–water partition coefficient (Wildman–Crippen LogP) is 1.85. The SMILES string of the molecule is c1ccc2oc(N[C@@H]3CCc4ncnn4C3)nc2c1. The van der Waals surface area contributed by atoms with Crippen LogP contribution in [0.1, 0.15) is 12.2 Å². The quantitative estimate of drug-likeness (QED) is 0.756. The highest BCUT2D eigenvalue weighted by Crippen LogP contribution is 2.21. The molecule has 6 heteroatoms. The smallest absolute Gasteiger partial charge is 0.295 e. The molecular formula is C13H13N5O. The van der Waals surface area contributed by atoms with E-state index >= 15 is 0 Å². The molecule has 3 heterocycles. The van der Waals surface area contributed by atoms with Crippen LogP contribution in [0.5, 0.6) is 0 Å². The van der Waals surface area contributed by atoms with Crippen LogP contribution in [0, 0.1) is 0 Å². The minimum absolute atomic E-state index is 0.280. The molecule has 1 aromatic carbocycles. The summed E-state index contributed by atoms with van der Waals surface area (Å²) in [5.74, 6) is 1.05.